The third-order valence-electron chi connectivity index (χ3n) is 2.14. The average Bonchev–Trinajstić information content (AvgIpc) is 2.08. The molecule has 0 unspecified atom stereocenters. The molecule has 0 saturated heterocycles. The standard InChI is InChI=1S/C12H16Br/c1-4-6-10-7-5-8-11(9(2)3)12(10)13/h5,7-8H,4,6H2,1-3H3. The lowest BCUT2D eigenvalue weighted by Crippen LogP contribution is -1.94. The van der Waals surface area contributed by atoms with E-state index >= 15 is 0 Å². The Hall–Kier alpha value is -0.300. The molecule has 0 nitrogen and oxygen atoms in total. The van der Waals surface area contributed by atoms with Crippen LogP contribution in [-0.2, 0) is 6.42 Å². The molecule has 71 valence electrons. The van der Waals surface area contributed by atoms with E-state index in [1.807, 2.05) is 0 Å². The van der Waals surface area contributed by atoms with Gasteiger partial charge in [-0.1, -0.05) is 61.3 Å². The largest absolute Gasteiger partial charge is 0.0651 e. The van der Waals surface area contributed by atoms with Gasteiger partial charge in [-0.2, -0.15) is 0 Å². The second-order valence-electron chi connectivity index (χ2n) is 3.53. The third-order valence-corrected chi connectivity index (χ3v) is 3.07. The Morgan fingerprint density at radius 3 is 2.54 bits per heavy atom. The van der Waals surface area contributed by atoms with Crippen LogP contribution < -0.4 is 0 Å². The Morgan fingerprint density at radius 2 is 2.00 bits per heavy atom. The van der Waals surface area contributed by atoms with Crippen LogP contribution in [-0.4, -0.2) is 0 Å². The molecule has 0 spiro atoms. The first-order chi connectivity index (χ1) is 6.16. The molecular weight excluding hydrogens is 224 g/mol. The molecule has 1 aromatic carbocycles. The summed E-state index contributed by atoms with van der Waals surface area (Å²) in [7, 11) is 0. The number of rotatable bonds is 3. The van der Waals surface area contributed by atoms with Crippen LogP contribution in [0.25, 0.3) is 0 Å². The zero-order valence-corrected chi connectivity index (χ0v) is 10.1. The number of hydrogen-bond donors (Lipinski definition) is 0. The van der Waals surface area contributed by atoms with Crippen molar-refractivity contribution in [2.75, 3.05) is 0 Å². The van der Waals surface area contributed by atoms with Crippen molar-refractivity contribution in [2.24, 2.45) is 0 Å². The van der Waals surface area contributed by atoms with Crippen molar-refractivity contribution in [3.05, 3.63) is 39.7 Å². The smallest absolute Gasteiger partial charge is 0.0245 e. The molecule has 0 amide bonds. The second-order valence-corrected chi connectivity index (χ2v) is 4.32. The molecule has 1 heteroatoms. The molecule has 0 aliphatic carbocycles. The summed E-state index contributed by atoms with van der Waals surface area (Å²) in [5.74, 6) is 1.37. The van der Waals surface area contributed by atoms with Crippen LogP contribution in [0.15, 0.2) is 22.7 Å². The predicted octanol–water partition coefficient (Wildman–Crippen LogP) is 4.36. The highest BCUT2D eigenvalue weighted by Crippen LogP contribution is 2.27. The molecule has 0 aromatic heterocycles. The molecule has 1 radical (unpaired) electrons. The van der Waals surface area contributed by atoms with E-state index < -0.39 is 0 Å². The van der Waals surface area contributed by atoms with Gasteiger partial charge in [0.25, 0.3) is 0 Å². The van der Waals surface area contributed by atoms with Crippen LogP contribution in [0.4, 0.5) is 0 Å². The zero-order valence-electron chi connectivity index (χ0n) is 8.52. The first-order valence-electron chi connectivity index (χ1n) is 4.74. The summed E-state index contributed by atoms with van der Waals surface area (Å²) in [5, 5.41) is 0. The number of benzene rings is 1. The molecule has 0 bridgehead atoms. The maximum absolute atomic E-state index is 3.66. The van der Waals surface area contributed by atoms with Crippen molar-refractivity contribution in [3.63, 3.8) is 0 Å². The van der Waals surface area contributed by atoms with Gasteiger partial charge >= 0.3 is 0 Å². The topological polar surface area (TPSA) is 0 Å². The van der Waals surface area contributed by atoms with Crippen LogP contribution in [0.1, 0.15) is 38.3 Å². The summed E-state index contributed by atoms with van der Waals surface area (Å²) >= 11 is 3.66. The van der Waals surface area contributed by atoms with Crippen molar-refractivity contribution in [1.29, 1.82) is 0 Å². The number of aryl methyl sites for hydroxylation is 1. The monoisotopic (exact) mass is 239 g/mol. The first-order valence-corrected chi connectivity index (χ1v) is 5.54. The van der Waals surface area contributed by atoms with Crippen LogP contribution in [0.2, 0.25) is 0 Å². The quantitative estimate of drug-likeness (QED) is 0.736. The highest BCUT2D eigenvalue weighted by atomic mass is 79.9. The summed E-state index contributed by atoms with van der Waals surface area (Å²) in [6.07, 6.45) is 2.35. The molecule has 0 heterocycles. The fourth-order valence-corrected chi connectivity index (χ4v) is 2.29. The van der Waals surface area contributed by atoms with Gasteiger partial charge in [0.15, 0.2) is 0 Å². The van der Waals surface area contributed by atoms with Gasteiger partial charge in [0, 0.05) is 4.47 Å². The zero-order chi connectivity index (χ0) is 9.84. The van der Waals surface area contributed by atoms with Gasteiger partial charge in [-0.15, -0.1) is 0 Å². The van der Waals surface area contributed by atoms with Crippen LogP contribution in [0.5, 0.6) is 0 Å². The summed E-state index contributed by atoms with van der Waals surface area (Å²) < 4.78 is 1.27. The summed E-state index contributed by atoms with van der Waals surface area (Å²) in [6.45, 7) is 6.51. The van der Waals surface area contributed by atoms with Crippen LogP contribution >= 0.6 is 15.9 Å². The van der Waals surface area contributed by atoms with E-state index in [-0.39, 0.29) is 0 Å². The van der Waals surface area contributed by atoms with Crippen molar-refractivity contribution >= 4 is 15.9 Å². The van der Waals surface area contributed by atoms with E-state index in [0.717, 1.165) is 6.42 Å². The van der Waals surface area contributed by atoms with E-state index in [2.05, 4.69) is 54.9 Å². The predicted molar refractivity (Wildman–Crippen MR) is 61.8 cm³/mol. The van der Waals surface area contributed by atoms with E-state index in [9.17, 15) is 0 Å². The Morgan fingerprint density at radius 1 is 1.31 bits per heavy atom. The van der Waals surface area contributed by atoms with E-state index in [4.69, 9.17) is 0 Å². The third kappa shape index (κ3) is 2.57. The number of halogens is 1. The van der Waals surface area contributed by atoms with Crippen LogP contribution in [0, 0.1) is 5.92 Å². The molecule has 0 aliphatic rings. The van der Waals surface area contributed by atoms with Gasteiger partial charge in [0.05, 0.1) is 0 Å². The summed E-state index contributed by atoms with van der Waals surface area (Å²) in [6, 6.07) is 6.50. The molecule has 0 N–H and O–H groups in total. The Bertz CT molecular complexity index is 276. The highest BCUT2D eigenvalue weighted by molar-refractivity contribution is 9.10. The van der Waals surface area contributed by atoms with Gasteiger partial charge < -0.3 is 0 Å². The Kier molecular flexibility index (Phi) is 3.98. The summed E-state index contributed by atoms with van der Waals surface area (Å²) in [4.78, 5) is 0. The molecule has 0 atom stereocenters. The van der Waals surface area contributed by atoms with Crippen molar-refractivity contribution in [1.82, 2.24) is 0 Å². The lowest BCUT2D eigenvalue weighted by atomic mass is 9.99. The molecular formula is C12H16Br. The van der Waals surface area contributed by atoms with Crippen molar-refractivity contribution in [3.8, 4) is 0 Å². The van der Waals surface area contributed by atoms with E-state index in [1.165, 1.54) is 27.9 Å². The van der Waals surface area contributed by atoms with Crippen molar-refractivity contribution < 1.29 is 0 Å². The molecule has 0 aliphatic heterocycles. The minimum atomic E-state index is 1.15. The average molecular weight is 240 g/mol. The van der Waals surface area contributed by atoms with E-state index in [1.54, 1.807) is 0 Å². The molecule has 0 fully saturated rings. The van der Waals surface area contributed by atoms with Gasteiger partial charge in [-0.3, -0.25) is 0 Å². The minimum Gasteiger partial charge on any atom is -0.0651 e. The Labute approximate surface area is 89.5 Å². The maximum atomic E-state index is 3.66. The van der Waals surface area contributed by atoms with Gasteiger partial charge in [-0.25, -0.2) is 0 Å². The fraction of sp³-hybridized carbons (Fsp3) is 0.417. The second kappa shape index (κ2) is 4.80. The number of hydrogen-bond acceptors (Lipinski definition) is 0. The SMILES string of the molecule is CCCc1cccc([C](C)C)c1Br. The van der Waals surface area contributed by atoms with E-state index in [0.29, 0.717) is 0 Å². The minimum absolute atomic E-state index is 1.15. The first kappa shape index (κ1) is 10.8. The molecule has 13 heavy (non-hydrogen) atoms. The van der Waals surface area contributed by atoms with Crippen LogP contribution in [0.3, 0.4) is 0 Å². The van der Waals surface area contributed by atoms with Crippen molar-refractivity contribution in [2.45, 2.75) is 33.6 Å². The normalized spacial score (nSPS) is 10.8. The molecule has 1 aromatic rings. The summed E-state index contributed by atoms with van der Waals surface area (Å²) in [5.41, 5.74) is 2.76. The fourth-order valence-electron chi connectivity index (χ4n) is 1.43. The van der Waals surface area contributed by atoms with Gasteiger partial charge in [-0.05, 0) is 23.5 Å². The molecule has 0 saturated carbocycles. The maximum Gasteiger partial charge on any atom is 0.0245 e. The Balaban J connectivity index is 3.03. The molecule has 1 rings (SSSR count). The highest BCUT2D eigenvalue weighted by Gasteiger charge is 2.07. The van der Waals surface area contributed by atoms with Gasteiger partial charge in [0.1, 0.15) is 0 Å². The van der Waals surface area contributed by atoms with Gasteiger partial charge in [0.2, 0.25) is 0 Å². The lowest BCUT2D eigenvalue weighted by Gasteiger charge is -2.11. The lowest BCUT2D eigenvalue weighted by molar-refractivity contribution is 0.912.